The Morgan fingerprint density at radius 1 is 0.458 bits per heavy atom. The van der Waals surface area contributed by atoms with Gasteiger partial charge in [0.25, 0.3) is 0 Å². The van der Waals surface area contributed by atoms with Crippen molar-refractivity contribution in [2.45, 2.75) is 24.2 Å². The second-order valence-corrected chi connectivity index (χ2v) is 16.2. The Labute approximate surface area is 346 Å². The van der Waals surface area contributed by atoms with Crippen molar-refractivity contribution >= 4 is 22.6 Å². The molecule has 4 aliphatic carbocycles. The highest BCUT2D eigenvalue weighted by Gasteiger charge is 2.54. The third kappa shape index (κ3) is 4.52. The van der Waals surface area contributed by atoms with E-state index in [1.807, 2.05) is 6.08 Å². The van der Waals surface area contributed by atoms with E-state index in [-0.39, 0.29) is 0 Å². The minimum absolute atomic E-state index is 0.518. The fraction of sp³-hybridized carbons (Fsp3) is 0.0690. The van der Waals surface area contributed by atoms with Crippen molar-refractivity contribution in [2.75, 3.05) is 4.90 Å². The number of nitrogens with zero attached hydrogens (tertiary/aromatic N) is 1. The van der Waals surface area contributed by atoms with E-state index in [1.165, 1.54) is 89.2 Å². The summed E-state index contributed by atoms with van der Waals surface area (Å²) in [6, 6.07) is 72.5. The molecular formula is C58H39N. The van der Waals surface area contributed by atoms with Crippen molar-refractivity contribution in [3.8, 4) is 34.1 Å². The van der Waals surface area contributed by atoms with E-state index in [9.17, 15) is 0 Å². The molecule has 0 aliphatic heterocycles. The van der Waals surface area contributed by atoms with Gasteiger partial charge in [0.2, 0.25) is 0 Å². The van der Waals surface area contributed by atoms with Crippen LogP contribution in [0.2, 0.25) is 0 Å². The molecule has 276 valence electrons. The second-order valence-electron chi connectivity index (χ2n) is 16.2. The number of rotatable bonds is 5. The molecule has 1 heteroatoms. The van der Waals surface area contributed by atoms with E-state index < -0.39 is 10.8 Å². The van der Waals surface area contributed by atoms with Gasteiger partial charge in [0.15, 0.2) is 0 Å². The SMILES string of the molecule is Cc1ccc2c(c1)C1(C3=C2C=CC#CC3)c2ccccc2-c2cccc(N(c3ccccc3)c3ccc4c(c3)C(c3ccccc3)(c3ccccc3)c3ccccc3-4)c21. The Hall–Kier alpha value is -7.40. The van der Waals surface area contributed by atoms with E-state index in [0.29, 0.717) is 6.42 Å². The predicted molar refractivity (Wildman–Crippen MR) is 243 cm³/mol. The summed E-state index contributed by atoms with van der Waals surface area (Å²) in [6.45, 7) is 2.23. The molecule has 0 saturated heterocycles. The van der Waals surface area contributed by atoms with Crippen LogP contribution in [-0.2, 0) is 10.8 Å². The van der Waals surface area contributed by atoms with Crippen molar-refractivity contribution in [3.05, 3.63) is 262 Å². The molecule has 8 aromatic carbocycles. The van der Waals surface area contributed by atoms with Crippen LogP contribution in [0.15, 0.2) is 212 Å². The molecule has 12 rings (SSSR count). The largest absolute Gasteiger partial charge is 0.310 e. The fourth-order valence-corrected chi connectivity index (χ4v) is 11.2. The lowest BCUT2D eigenvalue weighted by molar-refractivity contribution is 0.749. The Bertz CT molecular complexity index is 3100. The van der Waals surface area contributed by atoms with Gasteiger partial charge in [-0.15, -0.1) is 0 Å². The van der Waals surface area contributed by atoms with E-state index >= 15 is 0 Å². The zero-order valence-corrected chi connectivity index (χ0v) is 32.8. The number of benzene rings is 8. The lowest BCUT2D eigenvalue weighted by Crippen LogP contribution is -2.30. The Morgan fingerprint density at radius 2 is 1.03 bits per heavy atom. The maximum absolute atomic E-state index is 3.56. The van der Waals surface area contributed by atoms with Crippen LogP contribution in [0.3, 0.4) is 0 Å². The summed E-state index contributed by atoms with van der Waals surface area (Å²) in [5, 5.41) is 0. The van der Waals surface area contributed by atoms with Gasteiger partial charge in [0, 0.05) is 23.4 Å². The molecule has 0 saturated carbocycles. The first-order chi connectivity index (χ1) is 29.2. The highest BCUT2D eigenvalue weighted by Crippen LogP contribution is 2.66. The zero-order chi connectivity index (χ0) is 39.1. The highest BCUT2D eigenvalue weighted by atomic mass is 15.1. The lowest BCUT2D eigenvalue weighted by atomic mass is 9.67. The average Bonchev–Trinajstić information content (AvgIpc) is 3.76. The Kier molecular flexibility index (Phi) is 7.32. The number of anilines is 3. The van der Waals surface area contributed by atoms with E-state index in [4.69, 9.17) is 0 Å². The van der Waals surface area contributed by atoms with Crippen LogP contribution >= 0.6 is 0 Å². The molecule has 1 atom stereocenters. The van der Waals surface area contributed by atoms with Gasteiger partial charge in [-0.05, 0) is 122 Å². The monoisotopic (exact) mass is 749 g/mol. The first kappa shape index (κ1) is 33.7. The molecule has 59 heavy (non-hydrogen) atoms. The smallest absolute Gasteiger partial charge is 0.0718 e. The summed E-state index contributed by atoms with van der Waals surface area (Å²) in [6.07, 6.45) is 5.00. The quantitative estimate of drug-likeness (QED) is 0.158. The Balaban J connectivity index is 1.18. The number of para-hydroxylation sites is 1. The van der Waals surface area contributed by atoms with Crippen molar-refractivity contribution in [3.63, 3.8) is 0 Å². The summed E-state index contributed by atoms with van der Waals surface area (Å²) in [4.78, 5) is 2.53. The number of hydrogen-bond donors (Lipinski definition) is 0. The molecule has 4 aliphatic rings. The molecule has 1 unspecified atom stereocenters. The Morgan fingerprint density at radius 3 is 1.76 bits per heavy atom. The number of hydrogen-bond acceptors (Lipinski definition) is 1. The molecule has 0 bridgehead atoms. The van der Waals surface area contributed by atoms with Gasteiger partial charge in [-0.1, -0.05) is 181 Å². The van der Waals surface area contributed by atoms with Crippen LogP contribution in [0.25, 0.3) is 27.8 Å². The predicted octanol–water partition coefficient (Wildman–Crippen LogP) is 13.9. The minimum Gasteiger partial charge on any atom is -0.310 e. The third-order valence-electron chi connectivity index (χ3n) is 13.3. The van der Waals surface area contributed by atoms with Crippen LogP contribution in [0.4, 0.5) is 17.1 Å². The molecule has 1 spiro atoms. The van der Waals surface area contributed by atoms with Crippen LogP contribution in [-0.4, -0.2) is 0 Å². The summed E-state index contributed by atoms with van der Waals surface area (Å²) in [5.41, 5.74) is 21.8. The van der Waals surface area contributed by atoms with Crippen molar-refractivity contribution in [2.24, 2.45) is 0 Å². The molecule has 0 fully saturated rings. The van der Waals surface area contributed by atoms with Gasteiger partial charge in [-0.3, -0.25) is 0 Å². The fourth-order valence-electron chi connectivity index (χ4n) is 11.2. The minimum atomic E-state index is -0.527. The van der Waals surface area contributed by atoms with E-state index in [1.54, 1.807) is 0 Å². The maximum atomic E-state index is 3.56. The topological polar surface area (TPSA) is 3.24 Å². The van der Waals surface area contributed by atoms with Gasteiger partial charge in [-0.2, -0.15) is 0 Å². The summed E-state index contributed by atoms with van der Waals surface area (Å²) in [7, 11) is 0. The summed E-state index contributed by atoms with van der Waals surface area (Å²) >= 11 is 0. The number of aryl methyl sites for hydroxylation is 1. The molecule has 0 heterocycles. The standard InChI is InChI=1S/C58H39N/c1-39-33-35-47-45-25-12-5-13-29-51(45)58(53(47)37-39)52-31-17-15-27-46(52)49-28-18-32-55(56(49)58)59(42-23-10-4-11-24-42)43-34-36-48-44-26-14-16-30-50(44)57(54(48)38-43,40-19-6-2-7-20-40)41-21-8-3-9-22-41/h2-4,6-12,14-28,30-38H,29H2,1H3. The van der Waals surface area contributed by atoms with E-state index in [2.05, 4.69) is 224 Å². The average molecular weight is 750 g/mol. The zero-order valence-electron chi connectivity index (χ0n) is 32.8. The molecule has 8 aromatic rings. The van der Waals surface area contributed by atoms with Crippen molar-refractivity contribution in [1.29, 1.82) is 0 Å². The number of fused-ring (bicyclic) bond motifs is 12. The molecular weight excluding hydrogens is 711 g/mol. The van der Waals surface area contributed by atoms with Crippen LogP contribution < -0.4 is 4.90 Å². The molecule has 0 aromatic heterocycles. The molecule has 0 amide bonds. The molecule has 0 N–H and O–H groups in total. The van der Waals surface area contributed by atoms with Gasteiger partial charge >= 0.3 is 0 Å². The molecule has 0 radical (unpaired) electrons. The lowest BCUT2D eigenvalue weighted by Gasteiger charge is -2.38. The highest BCUT2D eigenvalue weighted by molar-refractivity contribution is 6.01. The van der Waals surface area contributed by atoms with Gasteiger partial charge in [-0.25, -0.2) is 0 Å². The normalized spacial score (nSPS) is 16.9. The maximum Gasteiger partial charge on any atom is 0.0718 e. The van der Waals surface area contributed by atoms with E-state index in [0.717, 1.165) is 11.4 Å². The van der Waals surface area contributed by atoms with Gasteiger partial charge < -0.3 is 4.90 Å². The van der Waals surface area contributed by atoms with Crippen LogP contribution in [0.5, 0.6) is 0 Å². The second kappa shape index (κ2) is 12.8. The summed E-state index contributed by atoms with van der Waals surface area (Å²) < 4.78 is 0. The number of allylic oxidation sites excluding steroid dienone is 4. The van der Waals surface area contributed by atoms with Gasteiger partial charge in [0.05, 0.1) is 16.5 Å². The first-order valence-electron chi connectivity index (χ1n) is 20.6. The van der Waals surface area contributed by atoms with Crippen molar-refractivity contribution < 1.29 is 0 Å². The molecule has 1 nitrogen and oxygen atoms in total. The van der Waals surface area contributed by atoms with Crippen LogP contribution in [0.1, 0.15) is 56.5 Å². The van der Waals surface area contributed by atoms with Gasteiger partial charge in [0.1, 0.15) is 0 Å². The first-order valence-corrected chi connectivity index (χ1v) is 20.6. The van der Waals surface area contributed by atoms with Crippen LogP contribution in [0, 0.1) is 18.8 Å². The summed E-state index contributed by atoms with van der Waals surface area (Å²) in [5.74, 6) is 6.91. The third-order valence-corrected chi connectivity index (χ3v) is 13.3. The van der Waals surface area contributed by atoms with Crippen molar-refractivity contribution in [1.82, 2.24) is 0 Å².